The Morgan fingerprint density at radius 3 is 2.62 bits per heavy atom. The molecule has 0 bridgehead atoms. The van der Waals surface area contributed by atoms with Gasteiger partial charge in [0.25, 0.3) is 0 Å². The van der Waals surface area contributed by atoms with Crippen LogP contribution in [0, 0.1) is 18.6 Å². The van der Waals surface area contributed by atoms with Crippen LogP contribution in [-0.2, 0) is 0 Å². The van der Waals surface area contributed by atoms with E-state index in [9.17, 15) is 8.78 Å². The second kappa shape index (κ2) is 2.80. The Morgan fingerprint density at radius 1 is 1.23 bits per heavy atom. The van der Waals surface area contributed by atoms with Crippen molar-refractivity contribution in [3.63, 3.8) is 0 Å². The van der Waals surface area contributed by atoms with Gasteiger partial charge in [-0.05, 0) is 28.9 Å². The number of hydrogen-bond acceptors (Lipinski definition) is 1. The van der Waals surface area contributed by atoms with E-state index in [-0.39, 0.29) is 10.1 Å². The fourth-order valence-corrected chi connectivity index (χ4v) is 1.63. The Balaban J connectivity index is 2.95. The summed E-state index contributed by atoms with van der Waals surface area (Å²) in [5, 5.41) is 0.426. The standard InChI is InChI=1S/C9H5BrF2O/c1-4-2-5-8(10)6(11)3-7(12)9(5)13-4/h2-3H,1H3. The van der Waals surface area contributed by atoms with Crippen LogP contribution in [0.25, 0.3) is 11.0 Å². The third-order valence-corrected chi connectivity index (χ3v) is 2.58. The number of halogens is 3. The van der Waals surface area contributed by atoms with Crippen molar-refractivity contribution in [1.82, 2.24) is 0 Å². The van der Waals surface area contributed by atoms with Crippen LogP contribution < -0.4 is 0 Å². The van der Waals surface area contributed by atoms with Crippen LogP contribution in [-0.4, -0.2) is 0 Å². The maximum Gasteiger partial charge on any atom is 0.171 e. The van der Waals surface area contributed by atoms with Gasteiger partial charge in [0.15, 0.2) is 11.4 Å². The summed E-state index contributed by atoms with van der Waals surface area (Å²) in [4.78, 5) is 0. The van der Waals surface area contributed by atoms with Gasteiger partial charge in [-0.2, -0.15) is 0 Å². The second-order valence-corrected chi connectivity index (χ2v) is 3.55. The molecular formula is C9H5BrF2O. The fourth-order valence-electron chi connectivity index (χ4n) is 1.22. The molecule has 0 aliphatic rings. The first-order valence-corrected chi connectivity index (χ1v) is 4.42. The average Bonchev–Trinajstić information content (AvgIpc) is 2.44. The van der Waals surface area contributed by atoms with Gasteiger partial charge in [-0.1, -0.05) is 0 Å². The van der Waals surface area contributed by atoms with Crippen LogP contribution in [0.2, 0.25) is 0 Å². The summed E-state index contributed by atoms with van der Waals surface area (Å²) in [6, 6.07) is 2.39. The van der Waals surface area contributed by atoms with Crippen molar-refractivity contribution in [2.75, 3.05) is 0 Å². The van der Waals surface area contributed by atoms with Crippen LogP contribution in [0.4, 0.5) is 8.78 Å². The first kappa shape index (κ1) is 8.69. The van der Waals surface area contributed by atoms with Crippen molar-refractivity contribution in [3.05, 3.63) is 34.0 Å². The van der Waals surface area contributed by atoms with E-state index in [0.29, 0.717) is 11.1 Å². The molecule has 0 fully saturated rings. The Bertz CT molecular complexity index is 476. The molecule has 13 heavy (non-hydrogen) atoms. The van der Waals surface area contributed by atoms with Crippen molar-refractivity contribution in [1.29, 1.82) is 0 Å². The maximum atomic E-state index is 13.1. The number of fused-ring (bicyclic) bond motifs is 1. The van der Waals surface area contributed by atoms with E-state index in [1.54, 1.807) is 13.0 Å². The Hall–Kier alpha value is -0.900. The van der Waals surface area contributed by atoms with Gasteiger partial charge in [0.2, 0.25) is 0 Å². The SMILES string of the molecule is Cc1cc2c(Br)c(F)cc(F)c2o1. The van der Waals surface area contributed by atoms with Gasteiger partial charge < -0.3 is 4.42 Å². The highest BCUT2D eigenvalue weighted by Crippen LogP contribution is 2.31. The van der Waals surface area contributed by atoms with Gasteiger partial charge in [-0.3, -0.25) is 0 Å². The molecule has 0 unspecified atom stereocenters. The highest BCUT2D eigenvalue weighted by Gasteiger charge is 2.13. The molecule has 1 aromatic carbocycles. The van der Waals surface area contributed by atoms with E-state index in [2.05, 4.69) is 15.9 Å². The molecule has 4 heteroatoms. The van der Waals surface area contributed by atoms with E-state index in [1.165, 1.54) is 0 Å². The smallest absolute Gasteiger partial charge is 0.171 e. The van der Waals surface area contributed by atoms with Crippen molar-refractivity contribution in [3.8, 4) is 0 Å². The van der Waals surface area contributed by atoms with Crippen LogP contribution in [0.15, 0.2) is 21.0 Å². The van der Waals surface area contributed by atoms with Crippen LogP contribution in [0.5, 0.6) is 0 Å². The van der Waals surface area contributed by atoms with E-state index in [4.69, 9.17) is 4.42 Å². The summed E-state index contributed by atoms with van der Waals surface area (Å²) in [6.07, 6.45) is 0. The largest absolute Gasteiger partial charge is 0.458 e. The second-order valence-electron chi connectivity index (χ2n) is 2.75. The Kier molecular flexibility index (Phi) is 1.87. The zero-order valence-corrected chi connectivity index (χ0v) is 8.28. The molecule has 68 valence electrons. The highest BCUT2D eigenvalue weighted by atomic mass is 79.9. The number of hydrogen-bond donors (Lipinski definition) is 0. The molecule has 0 amide bonds. The summed E-state index contributed by atoms with van der Waals surface area (Å²) in [5.74, 6) is -0.741. The number of benzene rings is 1. The minimum atomic E-state index is -0.677. The van der Waals surface area contributed by atoms with Crippen molar-refractivity contribution >= 4 is 26.9 Å². The molecule has 1 heterocycles. The van der Waals surface area contributed by atoms with Gasteiger partial charge in [0.05, 0.1) is 4.47 Å². The first-order valence-electron chi connectivity index (χ1n) is 3.63. The van der Waals surface area contributed by atoms with Gasteiger partial charge in [-0.25, -0.2) is 8.78 Å². The Labute approximate surface area is 81.5 Å². The minimum absolute atomic E-state index is 0.0887. The molecule has 0 saturated carbocycles. The lowest BCUT2D eigenvalue weighted by Gasteiger charge is -1.96. The fraction of sp³-hybridized carbons (Fsp3) is 0.111. The molecule has 1 aromatic heterocycles. The van der Waals surface area contributed by atoms with E-state index >= 15 is 0 Å². The summed E-state index contributed by atoms with van der Waals surface area (Å²) in [5.41, 5.74) is 0.0887. The van der Waals surface area contributed by atoms with Crippen molar-refractivity contribution in [2.24, 2.45) is 0 Å². The van der Waals surface area contributed by atoms with E-state index in [0.717, 1.165) is 6.07 Å². The number of aryl methyl sites for hydroxylation is 1. The average molecular weight is 247 g/mol. The van der Waals surface area contributed by atoms with E-state index < -0.39 is 11.6 Å². The zero-order chi connectivity index (χ0) is 9.59. The molecule has 0 aliphatic heterocycles. The quantitative estimate of drug-likeness (QED) is 0.645. The molecular weight excluding hydrogens is 242 g/mol. The van der Waals surface area contributed by atoms with Crippen LogP contribution in [0.1, 0.15) is 5.76 Å². The van der Waals surface area contributed by atoms with E-state index in [1.807, 2.05) is 0 Å². The molecule has 0 N–H and O–H groups in total. The highest BCUT2D eigenvalue weighted by molar-refractivity contribution is 9.10. The third-order valence-electron chi connectivity index (χ3n) is 1.77. The molecule has 0 aliphatic carbocycles. The minimum Gasteiger partial charge on any atom is -0.458 e. The number of rotatable bonds is 0. The zero-order valence-electron chi connectivity index (χ0n) is 6.70. The molecule has 0 atom stereocenters. The molecule has 0 radical (unpaired) electrons. The Morgan fingerprint density at radius 2 is 1.92 bits per heavy atom. The molecule has 2 aromatic rings. The van der Waals surface area contributed by atoms with Crippen LogP contribution >= 0.6 is 15.9 Å². The normalized spacial score (nSPS) is 11.1. The monoisotopic (exact) mass is 246 g/mol. The first-order chi connectivity index (χ1) is 6.09. The van der Waals surface area contributed by atoms with Gasteiger partial charge in [0, 0.05) is 11.5 Å². The lowest BCUT2D eigenvalue weighted by atomic mass is 10.2. The predicted molar refractivity (Wildman–Crippen MR) is 48.6 cm³/mol. The third kappa shape index (κ3) is 1.25. The van der Waals surface area contributed by atoms with Gasteiger partial charge >= 0.3 is 0 Å². The molecule has 2 rings (SSSR count). The summed E-state index contributed by atoms with van der Waals surface area (Å²) in [7, 11) is 0. The number of furan rings is 1. The molecule has 0 spiro atoms. The van der Waals surface area contributed by atoms with Gasteiger partial charge in [0.1, 0.15) is 11.6 Å². The topological polar surface area (TPSA) is 13.1 Å². The summed E-state index contributed by atoms with van der Waals surface area (Å²) < 4.78 is 31.4. The van der Waals surface area contributed by atoms with Crippen molar-refractivity contribution < 1.29 is 13.2 Å². The predicted octanol–water partition coefficient (Wildman–Crippen LogP) is 3.78. The van der Waals surface area contributed by atoms with Crippen molar-refractivity contribution in [2.45, 2.75) is 6.92 Å². The summed E-state index contributed by atoms with van der Waals surface area (Å²) >= 11 is 3.03. The lowest BCUT2D eigenvalue weighted by Crippen LogP contribution is -1.82. The summed E-state index contributed by atoms with van der Waals surface area (Å²) in [6.45, 7) is 1.68. The molecule has 1 nitrogen and oxygen atoms in total. The molecule has 0 saturated heterocycles. The van der Waals surface area contributed by atoms with Gasteiger partial charge in [-0.15, -0.1) is 0 Å². The maximum absolute atomic E-state index is 13.1. The lowest BCUT2D eigenvalue weighted by molar-refractivity contribution is 0.529. The van der Waals surface area contributed by atoms with Crippen LogP contribution in [0.3, 0.4) is 0 Å².